The molecule has 0 aromatic carbocycles. The Hall–Kier alpha value is -1.92. The van der Waals surface area contributed by atoms with Gasteiger partial charge in [0.15, 0.2) is 0 Å². The molecule has 1 aliphatic carbocycles. The van der Waals surface area contributed by atoms with E-state index in [9.17, 15) is 14.7 Å². The first-order valence-electron chi connectivity index (χ1n) is 7.03. The van der Waals surface area contributed by atoms with Crippen LogP contribution in [0.5, 0.6) is 0 Å². The van der Waals surface area contributed by atoms with Crippen LogP contribution in [0.3, 0.4) is 0 Å². The number of aryl methyl sites for hydroxylation is 1. The number of carbonyl (C=O) groups is 2. The molecule has 0 radical (unpaired) electrons. The van der Waals surface area contributed by atoms with Crippen LogP contribution in [0.1, 0.15) is 38.5 Å². The van der Waals surface area contributed by atoms with Gasteiger partial charge in [0.2, 0.25) is 5.91 Å². The first-order valence-corrected chi connectivity index (χ1v) is 7.03. The second-order valence-corrected chi connectivity index (χ2v) is 5.20. The number of nitrogens with zero attached hydrogens (tertiary/aromatic N) is 3. The average molecular weight is 280 g/mol. The maximum absolute atomic E-state index is 11.9. The molecule has 7 nitrogen and oxygen atoms in total. The van der Waals surface area contributed by atoms with Crippen molar-refractivity contribution in [2.24, 2.45) is 5.92 Å². The summed E-state index contributed by atoms with van der Waals surface area (Å²) in [5.74, 6) is -1.14. The van der Waals surface area contributed by atoms with Gasteiger partial charge in [-0.05, 0) is 18.8 Å². The minimum atomic E-state index is -0.939. The van der Waals surface area contributed by atoms with E-state index in [0.29, 0.717) is 6.54 Å². The zero-order valence-corrected chi connectivity index (χ0v) is 11.4. The molecule has 7 heteroatoms. The lowest BCUT2D eigenvalue weighted by Crippen LogP contribution is -2.46. The van der Waals surface area contributed by atoms with Gasteiger partial charge in [-0.1, -0.05) is 24.5 Å². The summed E-state index contributed by atoms with van der Waals surface area (Å²) in [6, 6.07) is -0.765. The summed E-state index contributed by atoms with van der Waals surface area (Å²) in [4.78, 5) is 23.2. The van der Waals surface area contributed by atoms with Gasteiger partial charge in [-0.3, -0.25) is 9.48 Å². The van der Waals surface area contributed by atoms with E-state index in [1.807, 2.05) is 0 Å². The van der Waals surface area contributed by atoms with E-state index in [2.05, 4.69) is 15.6 Å². The van der Waals surface area contributed by atoms with E-state index in [1.165, 1.54) is 0 Å². The van der Waals surface area contributed by atoms with Gasteiger partial charge in [0.25, 0.3) is 0 Å². The first-order chi connectivity index (χ1) is 9.66. The van der Waals surface area contributed by atoms with Gasteiger partial charge in [-0.2, -0.15) is 0 Å². The number of carboxylic acid groups (broad SMARTS) is 1. The van der Waals surface area contributed by atoms with Gasteiger partial charge in [0, 0.05) is 12.6 Å². The lowest BCUT2D eigenvalue weighted by molar-refractivity contribution is -0.143. The van der Waals surface area contributed by atoms with Gasteiger partial charge >= 0.3 is 5.97 Å². The number of carboxylic acids is 1. The number of hydrogen-bond donors (Lipinski definition) is 2. The van der Waals surface area contributed by atoms with Crippen LogP contribution in [0, 0.1) is 5.92 Å². The molecule has 0 spiro atoms. The number of rotatable bonds is 6. The second kappa shape index (κ2) is 7.02. The first kappa shape index (κ1) is 14.5. The Kier molecular flexibility index (Phi) is 5.09. The molecule has 0 bridgehead atoms. The number of hydrogen-bond acceptors (Lipinski definition) is 4. The quantitative estimate of drug-likeness (QED) is 0.804. The van der Waals surface area contributed by atoms with Crippen molar-refractivity contribution in [2.75, 3.05) is 0 Å². The van der Waals surface area contributed by atoms with Crippen molar-refractivity contribution < 1.29 is 14.7 Å². The van der Waals surface area contributed by atoms with Crippen molar-refractivity contribution in [3.63, 3.8) is 0 Å². The molecule has 0 saturated heterocycles. The number of nitrogens with one attached hydrogen (secondary N) is 1. The van der Waals surface area contributed by atoms with Crippen molar-refractivity contribution in [1.29, 1.82) is 0 Å². The molecule has 1 atom stereocenters. The summed E-state index contributed by atoms with van der Waals surface area (Å²) in [5.41, 5.74) is 0. The number of carbonyl (C=O) groups excluding carboxylic acids is 1. The summed E-state index contributed by atoms with van der Waals surface area (Å²) in [7, 11) is 0. The van der Waals surface area contributed by atoms with Gasteiger partial charge in [-0.25, -0.2) is 4.79 Å². The van der Waals surface area contributed by atoms with E-state index >= 15 is 0 Å². The summed E-state index contributed by atoms with van der Waals surface area (Å²) in [6.45, 7) is 0.406. The molecule has 1 fully saturated rings. The molecule has 2 N–H and O–H groups in total. The van der Waals surface area contributed by atoms with Crippen molar-refractivity contribution >= 4 is 11.9 Å². The lowest BCUT2D eigenvalue weighted by Gasteiger charge is -2.28. The predicted molar refractivity (Wildman–Crippen MR) is 70.8 cm³/mol. The summed E-state index contributed by atoms with van der Waals surface area (Å²) in [5, 5.41) is 19.3. The van der Waals surface area contributed by atoms with E-state index in [-0.39, 0.29) is 18.2 Å². The minimum absolute atomic E-state index is 0.0524. The monoisotopic (exact) mass is 280 g/mol. The molecule has 1 aliphatic rings. The summed E-state index contributed by atoms with van der Waals surface area (Å²) >= 11 is 0. The SMILES string of the molecule is O=C(CCn1ccnn1)NC(C(=O)O)C1CCCCC1. The molecule has 1 unspecified atom stereocenters. The zero-order valence-electron chi connectivity index (χ0n) is 11.4. The van der Waals surface area contributed by atoms with E-state index in [0.717, 1.165) is 32.1 Å². The standard InChI is InChI=1S/C13H20N4O3/c18-11(6-8-17-9-7-14-16-17)15-12(13(19)20)10-4-2-1-3-5-10/h7,9-10,12H,1-6,8H2,(H,15,18)(H,19,20). The third kappa shape index (κ3) is 4.04. The van der Waals surface area contributed by atoms with E-state index < -0.39 is 12.0 Å². The summed E-state index contributed by atoms with van der Waals surface area (Å²) < 4.78 is 1.55. The van der Waals surface area contributed by atoms with Gasteiger partial charge in [0.1, 0.15) is 6.04 Å². The molecule has 1 heterocycles. The number of aliphatic carboxylic acids is 1. The lowest BCUT2D eigenvalue weighted by atomic mass is 9.84. The minimum Gasteiger partial charge on any atom is -0.480 e. The van der Waals surface area contributed by atoms with Crippen LogP contribution in [0.4, 0.5) is 0 Å². The third-order valence-corrected chi connectivity index (χ3v) is 3.74. The van der Waals surface area contributed by atoms with Crippen LogP contribution in [0.15, 0.2) is 12.4 Å². The molecule has 2 rings (SSSR count). The number of aromatic nitrogens is 3. The number of amides is 1. The molecule has 1 aromatic rings. The average Bonchev–Trinajstić information content (AvgIpc) is 2.96. The van der Waals surface area contributed by atoms with Crippen LogP contribution in [-0.4, -0.2) is 38.0 Å². The normalized spacial score (nSPS) is 17.6. The van der Waals surface area contributed by atoms with Crippen LogP contribution in [0.2, 0.25) is 0 Å². The van der Waals surface area contributed by atoms with Gasteiger partial charge in [0.05, 0.1) is 12.7 Å². The summed E-state index contributed by atoms with van der Waals surface area (Å²) in [6.07, 6.45) is 8.42. The Labute approximate surface area is 117 Å². The second-order valence-electron chi connectivity index (χ2n) is 5.20. The molecule has 1 saturated carbocycles. The van der Waals surface area contributed by atoms with Crippen LogP contribution < -0.4 is 5.32 Å². The zero-order chi connectivity index (χ0) is 14.4. The highest BCUT2D eigenvalue weighted by molar-refractivity contribution is 5.83. The molecule has 110 valence electrons. The molecule has 1 amide bonds. The molecular formula is C13H20N4O3. The Balaban J connectivity index is 1.83. The van der Waals surface area contributed by atoms with E-state index in [1.54, 1.807) is 17.1 Å². The van der Waals surface area contributed by atoms with E-state index in [4.69, 9.17) is 0 Å². The van der Waals surface area contributed by atoms with Crippen molar-refractivity contribution in [1.82, 2.24) is 20.3 Å². The topological polar surface area (TPSA) is 97.1 Å². The van der Waals surface area contributed by atoms with Crippen LogP contribution in [0.25, 0.3) is 0 Å². The molecule has 0 aliphatic heterocycles. The van der Waals surface area contributed by atoms with Crippen molar-refractivity contribution in [3.05, 3.63) is 12.4 Å². The highest BCUT2D eigenvalue weighted by atomic mass is 16.4. The Morgan fingerprint density at radius 3 is 2.70 bits per heavy atom. The Morgan fingerprint density at radius 2 is 2.10 bits per heavy atom. The molecule has 20 heavy (non-hydrogen) atoms. The smallest absolute Gasteiger partial charge is 0.326 e. The third-order valence-electron chi connectivity index (χ3n) is 3.74. The largest absolute Gasteiger partial charge is 0.480 e. The fourth-order valence-corrected chi connectivity index (χ4v) is 2.66. The maximum Gasteiger partial charge on any atom is 0.326 e. The van der Waals surface area contributed by atoms with Gasteiger partial charge in [-0.15, -0.1) is 5.10 Å². The highest BCUT2D eigenvalue weighted by Gasteiger charge is 2.30. The fourth-order valence-electron chi connectivity index (χ4n) is 2.66. The predicted octanol–water partition coefficient (Wildman–Crippen LogP) is 0.818. The van der Waals surface area contributed by atoms with Crippen LogP contribution >= 0.6 is 0 Å². The molecule has 1 aromatic heterocycles. The van der Waals surface area contributed by atoms with Gasteiger partial charge < -0.3 is 10.4 Å². The van der Waals surface area contributed by atoms with Crippen molar-refractivity contribution in [3.8, 4) is 0 Å². The maximum atomic E-state index is 11.9. The Bertz CT molecular complexity index is 440. The van der Waals surface area contributed by atoms with Crippen molar-refractivity contribution in [2.45, 2.75) is 51.1 Å². The Morgan fingerprint density at radius 1 is 1.35 bits per heavy atom. The fraction of sp³-hybridized carbons (Fsp3) is 0.692. The molecular weight excluding hydrogens is 260 g/mol. The highest BCUT2D eigenvalue weighted by Crippen LogP contribution is 2.26. The van der Waals surface area contributed by atoms with Crippen LogP contribution in [-0.2, 0) is 16.1 Å².